The molecule has 3 rings (SSSR count). The molecule has 2 N–H and O–H groups in total. The van der Waals surface area contributed by atoms with Gasteiger partial charge in [0.05, 0.1) is 18.8 Å². The van der Waals surface area contributed by atoms with E-state index in [1.54, 1.807) is 6.07 Å². The van der Waals surface area contributed by atoms with Crippen molar-refractivity contribution in [3.05, 3.63) is 23.9 Å². The standard InChI is InChI=1S/C16H24N4O2/c1-19-7-5-12(6-8-19)16(21)20-9-10-22-14(11-20)13-3-2-4-15(17)18-13/h2-4,12,14H,5-11H2,1H3,(H2,17,18). The normalized spacial score (nSPS) is 24.4. The Morgan fingerprint density at radius 3 is 2.82 bits per heavy atom. The number of amides is 1. The maximum Gasteiger partial charge on any atom is 0.225 e. The number of piperidine rings is 1. The molecule has 22 heavy (non-hydrogen) atoms. The molecule has 0 radical (unpaired) electrons. The molecule has 2 aliphatic heterocycles. The van der Waals surface area contributed by atoms with Crippen LogP contribution in [-0.2, 0) is 9.53 Å². The van der Waals surface area contributed by atoms with Crippen molar-refractivity contribution in [2.45, 2.75) is 18.9 Å². The van der Waals surface area contributed by atoms with Crippen molar-refractivity contribution >= 4 is 11.7 Å². The molecule has 120 valence electrons. The van der Waals surface area contributed by atoms with Crippen LogP contribution in [-0.4, -0.2) is 60.5 Å². The van der Waals surface area contributed by atoms with Crippen LogP contribution >= 0.6 is 0 Å². The second-order valence-electron chi connectivity index (χ2n) is 6.21. The Morgan fingerprint density at radius 1 is 1.32 bits per heavy atom. The van der Waals surface area contributed by atoms with Crippen molar-refractivity contribution in [2.24, 2.45) is 5.92 Å². The van der Waals surface area contributed by atoms with E-state index in [1.807, 2.05) is 17.0 Å². The second-order valence-corrected chi connectivity index (χ2v) is 6.21. The van der Waals surface area contributed by atoms with E-state index in [9.17, 15) is 4.79 Å². The Morgan fingerprint density at radius 2 is 2.09 bits per heavy atom. The Balaban J connectivity index is 1.64. The number of ether oxygens (including phenoxy) is 1. The van der Waals surface area contributed by atoms with Gasteiger partial charge < -0.3 is 20.3 Å². The summed E-state index contributed by atoms with van der Waals surface area (Å²) in [6.45, 7) is 3.80. The maximum atomic E-state index is 12.7. The van der Waals surface area contributed by atoms with Gasteiger partial charge in [-0.2, -0.15) is 0 Å². The number of nitrogens with two attached hydrogens (primary N) is 1. The molecule has 0 saturated carbocycles. The number of nitrogen functional groups attached to an aromatic ring is 1. The summed E-state index contributed by atoms with van der Waals surface area (Å²) in [5, 5.41) is 0. The van der Waals surface area contributed by atoms with Crippen molar-refractivity contribution in [1.29, 1.82) is 0 Å². The molecule has 0 aromatic carbocycles. The summed E-state index contributed by atoms with van der Waals surface area (Å²) in [6.07, 6.45) is 1.73. The molecule has 0 aliphatic carbocycles. The quantitative estimate of drug-likeness (QED) is 0.879. The van der Waals surface area contributed by atoms with Crippen LogP contribution in [0.3, 0.4) is 0 Å². The summed E-state index contributed by atoms with van der Waals surface area (Å²) in [5.41, 5.74) is 6.54. The second kappa shape index (κ2) is 6.62. The molecule has 6 heteroatoms. The van der Waals surface area contributed by atoms with E-state index in [0.717, 1.165) is 31.6 Å². The Bertz CT molecular complexity index is 529. The SMILES string of the molecule is CN1CCC(C(=O)N2CCOC(c3cccc(N)n3)C2)CC1. The lowest BCUT2D eigenvalue weighted by atomic mass is 9.95. The third-order valence-electron chi connectivity index (χ3n) is 4.57. The number of rotatable bonds is 2. The largest absolute Gasteiger partial charge is 0.384 e. The van der Waals surface area contributed by atoms with Crippen LogP contribution in [0.25, 0.3) is 0 Å². The zero-order chi connectivity index (χ0) is 15.5. The van der Waals surface area contributed by atoms with Crippen LogP contribution < -0.4 is 5.73 Å². The first-order chi connectivity index (χ1) is 10.6. The highest BCUT2D eigenvalue weighted by Gasteiger charge is 2.32. The van der Waals surface area contributed by atoms with E-state index in [4.69, 9.17) is 10.5 Å². The van der Waals surface area contributed by atoms with Gasteiger partial charge in [-0.05, 0) is 45.1 Å². The molecular weight excluding hydrogens is 280 g/mol. The van der Waals surface area contributed by atoms with Crippen molar-refractivity contribution in [3.63, 3.8) is 0 Å². The smallest absolute Gasteiger partial charge is 0.225 e. The molecule has 0 bridgehead atoms. The number of nitrogens with zero attached hydrogens (tertiary/aromatic N) is 3. The predicted molar refractivity (Wildman–Crippen MR) is 84.1 cm³/mol. The van der Waals surface area contributed by atoms with Gasteiger partial charge in [0.25, 0.3) is 0 Å². The zero-order valence-electron chi connectivity index (χ0n) is 13.1. The van der Waals surface area contributed by atoms with Gasteiger partial charge in [-0.15, -0.1) is 0 Å². The average molecular weight is 304 g/mol. The fourth-order valence-electron chi connectivity index (χ4n) is 3.19. The van der Waals surface area contributed by atoms with Crippen LogP contribution in [0.15, 0.2) is 18.2 Å². The molecule has 1 amide bonds. The Labute approximate surface area is 131 Å². The van der Waals surface area contributed by atoms with Crippen LogP contribution in [0, 0.1) is 5.92 Å². The highest BCUT2D eigenvalue weighted by atomic mass is 16.5. The van der Waals surface area contributed by atoms with E-state index in [-0.39, 0.29) is 17.9 Å². The number of carbonyl (C=O) groups is 1. The number of pyridine rings is 1. The lowest BCUT2D eigenvalue weighted by molar-refractivity contribution is -0.144. The van der Waals surface area contributed by atoms with E-state index in [1.165, 1.54) is 0 Å². The Kier molecular flexibility index (Phi) is 4.59. The minimum atomic E-state index is -0.174. The summed E-state index contributed by atoms with van der Waals surface area (Å²) in [5.74, 6) is 0.911. The fraction of sp³-hybridized carbons (Fsp3) is 0.625. The number of hydrogen-bond donors (Lipinski definition) is 1. The van der Waals surface area contributed by atoms with Crippen LogP contribution in [0.2, 0.25) is 0 Å². The molecule has 2 aliphatic rings. The summed E-state index contributed by atoms with van der Waals surface area (Å²) in [6, 6.07) is 5.54. The topological polar surface area (TPSA) is 71.7 Å². The van der Waals surface area contributed by atoms with E-state index in [0.29, 0.717) is 25.5 Å². The summed E-state index contributed by atoms with van der Waals surface area (Å²) >= 11 is 0. The third-order valence-corrected chi connectivity index (χ3v) is 4.57. The minimum Gasteiger partial charge on any atom is -0.384 e. The van der Waals surface area contributed by atoms with Gasteiger partial charge in [-0.3, -0.25) is 4.79 Å². The maximum absolute atomic E-state index is 12.7. The molecule has 1 atom stereocenters. The lowest BCUT2D eigenvalue weighted by Gasteiger charge is -2.37. The monoisotopic (exact) mass is 304 g/mol. The van der Waals surface area contributed by atoms with Gasteiger partial charge >= 0.3 is 0 Å². The van der Waals surface area contributed by atoms with Crippen molar-refractivity contribution in [1.82, 2.24) is 14.8 Å². The molecule has 6 nitrogen and oxygen atoms in total. The van der Waals surface area contributed by atoms with Crippen LogP contribution in [0.4, 0.5) is 5.82 Å². The molecule has 1 aromatic heterocycles. The molecule has 3 heterocycles. The summed E-state index contributed by atoms with van der Waals surface area (Å²) in [4.78, 5) is 21.3. The van der Waals surface area contributed by atoms with Gasteiger partial charge in [0, 0.05) is 12.5 Å². The molecule has 1 unspecified atom stereocenters. The predicted octanol–water partition coefficient (Wildman–Crippen LogP) is 0.905. The number of morpholine rings is 1. The first-order valence-electron chi connectivity index (χ1n) is 7.95. The van der Waals surface area contributed by atoms with Crippen molar-refractivity contribution in [3.8, 4) is 0 Å². The third kappa shape index (κ3) is 3.39. The van der Waals surface area contributed by atoms with Gasteiger partial charge in [-0.25, -0.2) is 4.98 Å². The van der Waals surface area contributed by atoms with Crippen molar-refractivity contribution in [2.75, 3.05) is 45.6 Å². The van der Waals surface area contributed by atoms with Gasteiger partial charge in [-0.1, -0.05) is 6.07 Å². The minimum absolute atomic E-state index is 0.156. The van der Waals surface area contributed by atoms with E-state index < -0.39 is 0 Å². The fourth-order valence-corrected chi connectivity index (χ4v) is 3.19. The number of aromatic nitrogens is 1. The molecule has 0 spiro atoms. The number of hydrogen-bond acceptors (Lipinski definition) is 5. The highest BCUT2D eigenvalue weighted by molar-refractivity contribution is 5.79. The van der Waals surface area contributed by atoms with Gasteiger partial charge in [0.1, 0.15) is 11.9 Å². The zero-order valence-corrected chi connectivity index (χ0v) is 13.1. The molecule has 2 saturated heterocycles. The molecule has 1 aromatic rings. The number of anilines is 1. The van der Waals surface area contributed by atoms with E-state index in [2.05, 4.69) is 16.9 Å². The van der Waals surface area contributed by atoms with Gasteiger partial charge in [0.15, 0.2) is 0 Å². The molecule has 2 fully saturated rings. The Hall–Kier alpha value is -1.66. The summed E-state index contributed by atoms with van der Waals surface area (Å²) < 4.78 is 5.78. The lowest BCUT2D eigenvalue weighted by Crippen LogP contribution is -2.47. The average Bonchev–Trinajstić information content (AvgIpc) is 2.55. The van der Waals surface area contributed by atoms with Crippen molar-refractivity contribution < 1.29 is 9.53 Å². The summed E-state index contributed by atoms with van der Waals surface area (Å²) in [7, 11) is 2.11. The number of carbonyl (C=O) groups excluding carboxylic acids is 1. The highest BCUT2D eigenvalue weighted by Crippen LogP contribution is 2.25. The first kappa shape index (κ1) is 15.2. The van der Waals surface area contributed by atoms with Crippen LogP contribution in [0.1, 0.15) is 24.6 Å². The molecular formula is C16H24N4O2. The van der Waals surface area contributed by atoms with E-state index >= 15 is 0 Å². The van der Waals surface area contributed by atoms with Gasteiger partial charge in [0.2, 0.25) is 5.91 Å². The first-order valence-corrected chi connectivity index (χ1v) is 7.95. The number of likely N-dealkylation sites (tertiary alicyclic amines) is 1. The van der Waals surface area contributed by atoms with Crippen LogP contribution in [0.5, 0.6) is 0 Å².